The van der Waals surface area contributed by atoms with Crippen molar-refractivity contribution in [2.24, 2.45) is 0 Å². The van der Waals surface area contributed by atoms with Crippen molar-refractivity contribution in [3.63, 3.8) is 0 Å². The van der Waals surface area contributed by atoms with Gasteiger partial charge in [0.2, 0.25) is 0 Å². The Balaban J connectivity index is 0.000000298. The van der Waals surface area contributed by atoms with E-state index in [0.717, 1.165) is 38.3 Å². The molecule has 0 spiro atoms. The summed E-state index contributed by atoms with van der Waals surface area (Å²) in [5.74, 6) is -2.76. The normalized spacial score (nSPS) is 14.6. The van der Waals surface area contributed by atoms with Crippen LogP contribution < -0.4 is 0 Å². The van der Waals surface area contributed by atoms with Crippen LogP contribution in [-0.4, -0.2) is 53.5 Å². The number of hydrogen-bond donors (Lipinski definition) is 1. The van der Waals surface area contributed by atoms with Gasteiger partial charge < -0.3 is 9.52 Å². The van der Waals surface area contributed by atoms with Crippen molar-refractivity contribution in [2.75, 3.05) is 6.54 Å². The van der Waals surface area contributed by atoms with E-state index in [0.29, 0.717) is 6.54 Å². The largest absolute Gasteiger partial charge is 0.490 e. The number of hydrogen-bond acceptors (Lipinski definition) is 6. The van der Waals surface area contributed by atoms with Crippen LogP contribution in [0.1, 0.15) is 23.4 Å². The number of alkyl halides is 3. The Labute approximate surface area is 163 Å². The van der Waals surface area contributed by atoms with Crippen LogP contribution in [0, 0.1) is 0 Å². The second kappa shape index (κ2) is 8.90. The highest BCUT2D eigenvalue weighted by molar-refractivity contribution is 5.73. The number of halogens is 3. The van der Waals surface area contributed by atoms with Gasteiger partial charge in [-0.1, -0.05) is 5.21 Å². The molecule has 29 heavy (non-hydrogen) atoms. The summed E-state index contributed by atoms with van der Waals surface area (Å²) in [7, 11) is 0. The number of rotatable bonds is 4. The summed E-state index contributed by atoms with van der Waals surface area (Å²) in [5.41, 5.74) is 3.40. The van der Waals surface area contributed by atoms with Crippen molar-refractivity contribution in [3.05, 3.63) is 54.0 Å². The van der Waals surface area contributed by atoms with Gasteiger partial charge in [-0.2, -0.15) is 18.3 Å². The van der Waals surface area contributed by atoms with Crippen LogP contribution in [0.5, 0.6) is 0 Å². The van der Waals surface area contributed by atoms with Crippen molar-refractivity contribution in [1.82, 2.24) is 29.7 Å². The maximum absolute atomic E-state index is 10.6. The fraction of sp³-hybridized carbons (Fsp3) is 0.412. The minimum Gasteiger partial charge on any atom is -0.475 e. The van der Waals surface area contributed by atoms with Crippen molar-refractivity contribution in [2.45, 2.75) is 38.8 Å². The molecular weight excluding hydrogens is 393 g/mol. The number of aryl methyl sites for hydroxylation is 1. The molecule has 0 bridgehead atoms. The van der Waals surface area contributed by atoms with Gasteiger partial charge in [0.05, 0.1) is 24.8 Å². The van der Waals surface area contributed by atoms with Crippen LogP contribution in [0.4, 0.5) is 13.2 Å². The van der Waals surface area contributed by atoms with Gasteiger partial charge in [-0.15, -0.1) is 5.10 Å². The number of carboxylic acids is 1. The Bertz CT molecular complexity index is 906. The smallest absolute Gasteiger partial charge is 0.475 e. The SMILES string of the molecule is O=C(O)C(F)(F)F.c1cnn(Cc2nnn3c2CN(Cc2ccoc2)CCC3)c1. The lowest BCUT2D eigenvalue weighted by Crippen LogP contribution is -2.23. The molecular formula is C17H19F3N6O3. The molecule has 0 aliphatic carbocycles. The van der Waals surface area contributed by atoms with Gasteiger partial charge in [0.25, 0.3) is 0 Å². The van der Waals surface area contributed by atoms with Gasteiger partial charge in [0, 0.05) is 44.1 Å². The molecule has 1 N–H and O–H groups in total. The lowest BCUT2D eigenvalue weighted by molar-refractivity contribution is -0.192. The standard InChI is InChI=1S/C15H18N6O.C2HF3O2/c1-4-16-20(6-1)10-14-15-11-19(9-13-3-8-22-12-13)5-2-7-21(15)18-17-14;3-2(4,5)1(6)7/h1,3-4,6,8,12H,2,5,7,9-11H2;(H,6,7). The zero-order valence-electron chi connectivity index (χ0n) is 15.3. The first-order valence-electron chi connectivity index (χ1n) is 8.75. The lowest BCUT2D eigenvalue weighted by atomic mass is 10.2. The van der Waals surface area contributed by atoms with E-state index < -0.39 is 12.1 Å². The van der Waals surface area contributed by atoms with Crippen molar-refractivity contribution >= 4 is 5.97 Å². The summed E-state index contributed by atoms with van der Waals surface area (Å²) >= 11 is 0. The number of carboxylic acid groups (broad SMARTS) is 1. The second-order valence-corrected chi connectivity index (χ2v) is 6.41. The van der Waals surface area contributed by atoms with Crippen LogP contribution in [0.2, 0.25) is 0 Å². The molecule has 3 aromatic heterocycles. The van der Waals surface area contributed by atoms with E-state index >= 15 is 0 Å². The van der Waals surface area contributed by atoms with Crippen LogP contribution >= 0.6 is 0 Å². The van der Waals surface area contributed by atoms with Crippen LogP contribution in [0.15, 0.2) is 41.5 Å². The highest BCUT2D eigenvalue weighted by atomic mass is 19.4. The predicted octanol–water partition coefficient (Wildman–Crippen LogP) is 2.16. The van der Waals surface area contributed by atoms with E-state index in [-0.39, 0.29) is 0 Å². The first-order valence-corrected chi connectivity index (χ1v) is 8.75. The average Bonchev–Trinajstić information content (AvgIpc) is 3.39. The van der Waals surface area contributed by atoms with Crippen LogP contribution in [0.3, 0.4) is 0 Å². The molecule has 0 saturated heterocycles. The molecule has 3 aromatic rings. The Hall–Kier alpha value is -3.15. The quantitative estimate of drug-likeness (QED) is 0.701. The van der Waals surface area contributed by atoms with Gasteiger partial charge >= 0.3 is 12.1 Å². The predicted molar refractivity (Wildman–Crippen MR) is 92.5 cm³/mol. The third kappa shape index (κ3) is 5.67. The fourth-order valence-electron chi connectivity index (χ4n) is 2.90. The number of aromatic nitrogens is 5. The van der Waals surface area contributed by atoms with Gasteiger partial charge in [0.15, 0.2) is 0 Å². The average molecular weight is 412 g/mol. The number of carbonyl (C=O) groups is 1. The molecule has 0 amide bonds. The molecule has 156 valence electrons. The Morgan fingerprint density at radius 1 is 1.28 bits per heavy atom. The van der Waals surface area contributed by atoms with Crippen molar-refractivity contribution < 1.29 is 27.5 Å². The Morgan fingerprint density at radius 3 is 2.69 bits per heavy atom. The minimum atomic E-state index is -5.08. The first-order chi connectivity index (χ1) is 13.8. The first kappa shape index (κ1) is 20.6. The zero-order chi connectivity index (χ0) is 20.9. The molecule has 12 heteroatoms. The Kier molecular flexibility index (Phi) is 6.32. The van der Waals surface area contributed by atoms with Gasteiger partial charge in [-0.3, -0.25) is 9.58 Å². The van der Waals surface area contributed by atoms with Crippen molar-refractivity contribution in [3.8, 4) is 0 Å². The van der Waals surface area contributed by atoms with Gasteiger partial charge in [0.1, 0.15) is 5.69 Å². The van der Waals surface area contributed by atoms with Crippen LogP contribution in [-0.2, 0) is 31.0 Å². The summed E-state index contributed by atoms with van der Waals surface area (Å²) in [6.45, 7) is 4.39. The zero-order valence-corrected chi connectivity index (χ0v) is 15.3. The fourth-order valence-corrected chi connectivity index (χ4v) is 2.90. The molecule has 4 heterocycles. The number of fused-ring (bicyclic) bond motifs is 1. The third-order valence-corrected chi connectivity index (χ3v) is 4.24. The molecule has 0 aromatic carbocycles. The molecule has 1 aliphatic rings. The van der Waals surface area contributed by atoms with E-state index in [4.69, 9.17) is 14.3 Å². The number of furan rings is 1. The summed E-state index contributed by atoms with van der Waals surface area (Å²) in [4.78, 5) is 11.3. The van der Waals surface area contributed by atoms with Gasteiger partial charge in [-0.25, -0.2) is 9.48 Å². The van der Waals surface area contributed by atoms with Crippen molar-refractivity contribution in [1.29, 1.82) is 0 Å². The summed E-state index contributed by atoms with van der Waals surface area (Å²) in [5, 5.41) is 20.0. The van der Waals surface area contributed by atoms with E-state index in [9.17, 15) is 13.2 Å². The minimum absolute atomic E-state index is 0.669. The van der Waals surface area contributed by atoms with E-state index in [1.165, 1.54) is 11.3 Å². The Morgan fingerprint density at radius 2 is 2.07 bits per heavy atom. The third-order valence-electron chi connectivity index (χ3n) is 4.24. The highest BCUT2D eigenvalue weighted by Crippen LogP contribution is 2.18. The summed E-state index contributed by atoms with van der Waals surface area (Å²) in [6, 6.07) is 3.94. The van der Waals surface area contributed by atoms with E-state index in [1.807, 2.05) is 34.0 Å². The second-order valence-electron chi connectivity index (χ2n) is 6.41. The maximum Gasteiger partial charge on any atom is 0.490 e. The number of aliphatic carboxylic acids is 1. The maximum atomic E-state index is 10.6. The van der Waals surface area contributed by atoms with Gasteiger partial charge in [-0.05, 0) is 18.6 Å². The number of nitrogens with zero attached hydrogens (tertiary/aromatic N) is 6. The molecule has 9 nitrogen and oxygen atoms in total. The van der Waals surface area contributed by atoms with Crippen LogP contribution in [0.25, 0.3) is 0 Å². The monoisotopic (exact) mass is 412 g/mol. The lowest BCUT2D eigenvalue weighted by Gasteiger charge is -2.18. The molecule has 0 fully saturated rings. The highest BCUT2D eigenvalue weighted by Gasteiger charge is 2.38. The molecule has 0 unspecified atom stereocenters. The summed E-state index contributed by atoms with van der Waals surface area (Å²) in [6.07, 6.45) is 3.27. The topological polar surface area (TPSA) is 102 Å². The summed E-state index contributed by atoms with van der Waals surface area (Å²) < 4.78 is 40.8. The van der Waals surface area contributed by atoms with E-state index in [2.05, 4.69) is 20.3 Å². The molecule has 4 rings (SSSR count). The molecule has 0 radical (unpaired) electrons. The molecule has 1 aliphatic heterocycles. The molecule has 0 atom stereocenters. The van der Waals surface area contributed by atoms with E-state index in [1.54, 1.807) is 12.5 Å². The molecule has 0 saturated carbocycles.